The highest BCUT2D eigenvalue weighted by Gasteiger charge is 2.27. The number of hydrogen-bond donors (Lipinski definition) is 0. The maximum atomic E-state index is 6.24. The third-order valence-corrected chi connectivity index (χ3v) is 3.79. The zero-order valence-electron chi connectivity index (χ0n) is 8.98. The second kappa shape index (κ2) is 4.17. The summed E-state index contributed by atoms with van der Waals surface area (Å²) in [7, 11) is 0. The van der Waals surface area contributed by atoms with Crippen LogP contribution in [-0.4, -0.2) is 0 Å². The van der Waals surface area contributed by atoms with E-state index in [2.05, 4.69) is 24.3 Å². The van der Waals surface area contributed by atoms with Gasteiger partial charge in [-0.1, -0.05) is 41.9 Å². The fourth-order valence-corrected chi connectivity index (χ4v) is 2.56. The van der Waals surface area contributed by atoms with Crippen LogP contribution in [0.1, 0.15) is 17.2 Å². The van der Waals surface area contributed by atoms with Gasteiger partial charge in [0.1, 0.15) is 5.02 Å². The second-order valence-electron chi connectivity index (χ2n) is 3.99. The molecule has 1 heterocycles. The van der Waals surface area contributed by atoms with Crippen LogP contribution in [0.4, 0.5) is 0 Å². The minimum absolute atomic E-state index is 0.136. The molecule has 2 aromatic rings. The van der Waals surface area contributed by atoms with Gasteiger partial charge in [0.25, 0.3) is 5.15 Å². The molecule has 3 rings (SSSR count). The fourth-order valence-electron chi connectivity index (χ4n) is 2.17. The lowest BCUT2D eigenvalue weighted by Gasteiger charge is -2.08. The van der Waals surface area contributed by atoms with Gasteiger partial charge in [-0.2, -0.15) is 4.57 Å². The van der Waals surface area contributed by atoms with Gasteiger partial charge in [0.2, 0.25) is 6.04 Å². The van der Waals surface area contributed by atoms with E-state index < -0.39 is 0 Å². The van der Waals surface area contributed by atoms with Gasteiger partial charge in [-0.3, -0.25) is 0 Å². The zero-order valence-corrected chi connectivity index (χ0v) is 10.5. The highest BCUT2D eigenvalue weighted by molar-refractivity contribution is 6.40. The molecule has 1 unspecified atom stereocenters. The first-order chi connectivity index (χ1) is 8.27. The molecule has 1 atom stereocenters. The van der Waals surface area contributed by atoms with Crippen LogP contribution in [0.15, 0.2) is 48.7 Å². The Kier molecular flexibility index (Phi) is 2.65. The third-order valence-electron chi connectivity index (χ3n) is 2.99. The summed E-state index contributed by atoms with van der Waals surface area (Å²) in [6.07, 6.45) is 6.20. The van der Waals surface area contributed by atoms with Gasteiger partial charge in [-0.15, -0.1) is 0 Å². The van der Waals surface area contributed by atoms with Crippen molar-refractivity contribution in [2.75, 3.05) is 0 Å². The van der Waals surface area contributed by atoms with E-state index in [0.29, 0.717) is 10.2 Å². The standard InChI is InChI=1S/C14H10Cl2N/c15-12-6-3-9-17(14(12)16)13-8-7-10-4-1-2-5-11(10)13/h1-9,13H/q+1. The van der Waals surface area contributed by atoms with E-state index in [4.69, 9.17) is 23.2 Å². The Bertz CT molecular complexity index is 605. The molecular weight excluding hydrogens is 253 g/mol. The van der Waals surface area contributed by atoms with Crippen LogP contribution in [0.5, 0.6) is 0 Å². The normalized spacial score (nSPS) is 17.2. The van der Waals surface area contributed by atoms with E-state index in [1.54, 1.807) is 6.07 Å². The summed E-state index contributed by atoms with van der Waals surface area (Å²) in [5.74, 6) is 0. The van der Waals surface area contributed by atoms with Crippen molar-refractivity contribution < 1.29 is 4.57 Å². The molecule has 1 aromatic carbocycles. The minimum Gasteiger partial charge on any atom is -0.177 e. The van der Waals surface area contributed by atoms with Gasteiger partial charge in [0.15, 0.2) is 6.20 Å². The molecule has 1 aromatic heterocycles. The predicted molar refractivity (Wildman–Crippen MR) is 70.3 cm³/mol. The van der Waals surface area contributed by atoms with Crippen molar-refractivity contribution in [1.29, 1.82) is 0 Å². The molecule has 84 valence electrons. The van der Waals surface area contributed by atoms with E-state index in [1.807, 2.05) is 29.0 Å². The summed E-state index contributed by atoms with van der Waals surface area (Å²) in [5, 5.41) is 1.15. The Labute approximate surface area is 110 Å². The van der Waals surface area contributed by atoms with Gasteiger partial charge in [0.05, 0.1) is 0 Å². The molecule has 1 aliphatic rings. The van der Waals surface area contributed by atoms with Crippen molar-refractivity contribution in [3.63, 3.8) is 0 Å². The Hall–Kier alpha value is -1.31. The van der Waals surface area contributed by atoms with Crippen molar-refractivity contribution in [3.05, 3.63) is 70.0 Å². The van der Waals surface area contributed by atoms with Crippen LogP contribution in [0, 0.1) is 0 Å². The van der Waals surface area contributed by atoms with Crippen molar-refractivity contribution in [2.24, 2.45) is 0 Å². The molecule has 0 N–H and O–H groups in total. The molecule has 1 nitrogen and oxygen atoms in total. The SMILES string of the molecule is Clc1ccc[n+](C2C=Cc3ccccc32)c1Cl. The number of aromatic nitrogens is 1. The summed E-state index contributed by atoms with van der Waals surface area (Å²) in [6, 6.07) is 12.1. The first-order valence-corrected chi connectivity index (χ1v) is 6.15. The smallest absolute Gasteiger partial charge is 0.177 e. The van der Waals surface area contributed by atoms with Crippen LogP contribution in [0.25, 0.3) is 6.08 Å². The molecule has 0 amide bonds. The molecule has 0 spiro atoms. The van der Waals surface area contributed by atoms with Gasteiger partial charge in [0, 0.05) is 11.6 Å². The van der Waals surface area contributed by atoms with Gasteiger partial charge >= 0.3 is 0 Å². The largest absolute Gasteiger partial charge is 0.294 e. The summed E-state index contributed by atoms with van der Waals surface area (Å²) in [5.41, 5.74) is 2.49. The number of pyridine rings is 1. The van der Waals surface area contributed by atoms with Crippen LogP contribution in [0.3, 0.4) is 0 Å². The van der Waals surface area contributed by atoms with Gasteiger partial charge in [-0.05, 0) is 29.3 Å². The molecule has 0 saturated heterocycles. The van der Waals surface area contributed by atoms with E-state index in [1.165, 1.54) is 11.1 Å². The molecule has 0 radical (unpaired) electrons. The van der Waals surface area contributed by atoms with E-state index >= 15 is 0 Å². The van der Waals surface area contributed by atoms with Crippen LogP contribution >= 0.6 is 23.2 Å². The number of halogens is 2. The Morgan fingerprint density at radius 3 is 2.71 bits per heavy atom. The topological polar surface area (TPSA) is 3.88 Å². The maximum absolute atomic E-state index is 6.24. The number of benzene rings is 1. The number of nitrogens with zero attached hydrogens (tertiary/aromatic N) is 1. The summed E-state index contributed by atoms with van der Waals surface area (Å²) >= 11 is 12.3. The molecule has 0 fully saturated rings. The number of rotatable bonds is 1. The lowest BCUT2D eigenvalue weighted by atomic mass is 10.1. The Balaban J connectivity index is 2.14. The van der Waals surface area contributed by atoms with E-state index in [0.717, 1.165) is 0 Å². The Morgan fingerprint density at radius 2 is 1.82 bits per heavy atom. The fraction of sp³-hybridized carbons (Fsp3) is 0.0714. The van der Waals surface area contributed by atoms with Crippen molar-refractivity contribution in [2.45, 2.75) is 6.04 Å². The van der Waals surface area contributed by atoms with Crippen LogP contribution in [-0.2, 0) is 0 Å². The van der Waals surface area contributed by atoms with Gasteiger partial charge < -0.3 is 0 Å². The minimum atomic E-state index is 0.136. The second-order valence-corrected chi connectivity index (χ2v) is 4.75. The first-order valence-electron chi connectivity index (χ1n) is 5.39. The average Bonchev–Trinajstić information content (AvgIpc) is 2.77. The summed E-state index contributed by atoms with van der Waals surface area (Å²) in [4.78, 5) is 0. The number of fused-ring (bicyclic) bond motifs is 1. The average molecular weight is 263 g/mol. The quantitative estimate of drug-likeness (QED) is 0.542. The molecule has 17 heavy (non-hydrogen) atoms. The number of allylic oxidation sites excluding steroid dienone is 1. The highest BCUT2D eigenvalue weighted by Crippen LogP contribution is 2.29. The van der Waals surface area contributed by atoms with Crippen molar-refractivity contribution >= 4 is 29.3 Å². The first kappa shape index (κ1) is 10.8. The molecule has 3 heteroatoms. The van der Waals surface area contributed by atoms with E-state index in [-0.39, 0.29) is 6.04 Å². The van der Waals surface area contributed by atoms with Crippen molar-refractivity contribution in [3.8, 4) is 0 Å². The lowest BCUT2D eigenvalue weighted by Crippen LogP contribution is -2.39. The van der Waals surface area contributed by atoms with Gasteiger partial charge in [-0.25, -0.2) is 0 Å². The maximum Gasteiger partial charge on any atom is 0.294 e. The zero-order chi connectivity index (χ0) is 11.8. The van der Waals surface area contributed by atoms with E-state index in [9.17, 15) is 0 Å². The lowest BCUT2D eigenvalue weighted by molar-refractivity contribution is -0.700. The Morgan fingerprint density at radius 1 is 1.00 bits per heavy atom. The summed E-state index contributed by atoms with van der Waals surface area (Å²) in [6.45, 7) is 0. The molecule has 0 aliphatic heterocycles. The van der Waals surface area contributed by atoms with Crippen LogP contribution in [0.2, 0.25) is 10.2 Å². The van der Waals surface area contributed by atoms with Crippen molar-refractivity contribution in [1.82, 2.24) is 0 Å². The molecular formula is C14H10Cl2N+. The third kappa shape index (κ3) is 1.76. The molecule has 0 saturated carbocycles. The molecule has 0 bridgehead atoms. The highest BCUT2D eigenvalue weighted by atomic mass is 35.5. The monoisotopic (exact) mass is 262 g/mol. The summed E-state index contributed by atoms with van der Waals surface area (Å²) < 4.78 is 1.98. The molecule has 1 aliphatic carbocycles. The van der Waals surface area contributed by atoms with Crippen LogP contribution < -0.4 is 4.57 Å². The number of hydrogen-bond acceptors (Lipinski definition) is 0. The predicted octanol–water partition coefficient (Wildman–Crippen LogP) is 3.90.